The second-order valence-electron chi connectivity index (χ2n) is 5.08. The van der Waals surface area contributed by atoms with E-state index in [9.17, 15) is 0 Å². The van der Waals surface area contributed by atoms with Crippen molar-refractivity contribution in [2.75, 3.05) is 11.9 Å². The van der Waals surface area contributed by atoms with E-state index in [1.165, 1.54) is 37.7 Å². The summed E-state index contributed by atoms with van der Waals surface area (Å²) in [6, 6.07) is 9.02. The van der Waals surface area contributed by atoms with Crippen LogP contribution in [0.2, 0.25) is 5.02 Å². The van der Waals surface area contributed by atoms with Crippen LogP contribution < -0.4 is 0 Å². The van der Waals surface area contributed by atoms with Gasteiger partial charge in [-0.05, 0) is 30.5 Å². The fourth-order valence-corrected chi connectivity index (χ4v) is 3.48. The van der Waals surface area contributed by atoms with Crippen molar-refractivity contribution in [1.82, 2.24) is 4.90 Å². The summed E-state index contributed by atoms with van der Waals surface area (Å²) in [7, 11) is 0. The molecule has 0 bridgehead atoms. The summed E-state index contributed by atoms with van der Waals surface area (Å²) >= 11 is 9.64. The lowest BCUT2D eigenvalue weighted by Gasteiger charge is -2.34. The molecule has 0 saturated heterocycles. The van der Waals surface area contributed by atoms with Crippen LogP contribution in [-0.2, 0) is 6.54 Å². The summed E-state index contributed by atoms with van der Waals surface area (Å²) in [5.74, 6) is 0. The quantitative estimate of drug-likeness (QED) is 0.696. The Kier molecular flexibility index (Phi) is 6.00. The third-order valence-corrected chi connectivity index (χ3v) is 4.33. The van der Waals surface area contributed by atoms with Gasteiger partial charge in [-0.3, -0.25) is 4.90 Å². The Morgan fingerprint density at radius 1 is 1.22 bits per heavy atom. The number of halogens is 2. The molecule has 1 aliphatic rings. The van der Waals surface area contributed by atoms with Crippen LogP contribution in [0.4, 0.5) is 0 Å². The van der Waals surface area contributed by atoms with E-state index in [2.05, 4.69) is 33.0 Å². The normalized spacial score (nSPS) is 17.3. The van der Waals surface area contributed by atoms with E-state index in [0.29, 0.717) is 0 Å². The molecule has 3 heteroatoms. The van der Waals surface area contributed by atoms with Crippen molar-refractivity contribution in [1.29, 1.82) is 0 Å². The minimum Gasteiger partial charge on any atom is -0.295 e. The number of benzene rings is 1. The van der Waals surface area contributed by atoms with Crippen LogP contribution in [0.25, 0.3) is 0 Å². The van der Waals surface area contributed by atoms with E-state index >= 15 is 0 Å². The van der Waals surface area contributed by atoms with Crippen molar-refractivity contribution in [3.63, 3.8) is 0 Å². The Hall–Kier alpha value is -0.0500. The SMILES string of the molecule is Clc1cccc(CN(CCBr)C2CCCCC2)c1. The second kappa shape index (κ2) is 7.52. The van der Waals surface area contributed by atoms with Gasteiger partial charge in [0.05, 0.1) is 0 Å². The minimum atomic E-state index is 0.760. The zero-order valence-corrected chi connectivity index (χ0v) is 13.1. The van der Waals surface area contributed by atoms with Crippen molar-refractivity contribution >= 4 is 27.5 Å². The first-order valence-electron chi connectivity index (χ1n) is 6.84. The summed E-state index contributed by atoms with van der Waals surface area (Å²) in [4.78, 5) is 2.61. The van der Waals surface area contributed by atoms with Gasteiger partial charge in [-0.1, -0.05) is 58.9 Å². The van der Waals surface area contributed by atoms with Gasteiger partial charge in [-0.2, -0.15) is 0 Å². The minimum absolute atomic E-state index is 0.760. The Balaban J connectivity index is 2.00. The van der Waals surface area contributed by atoms with Crippen molar-refractivity contribution in [3.05, 3.63) is 34.9 Å². The summed E-state index contributed by atoms with van der Waals surface area (Å²) in [5.41, 5.74) is 1.33. The maximum absolute atomic E-state index is 6.06. The predicted octanol–water partition coefficient (Wildman–Crippen LogP) is 4.87. The Morgan fingerprint density at radius 3 is 2.67 bits per heavy atom. The second-order valence-corrected chi connectivity index (χ2v) is 6.31. The Labute approximate surface area is 124 Å². The molecule has 0 amide bonds. The smallest absolute Gasteiger partial charge is 0.0409 e. The first-order chi connectivity index (χ1) is 8.79. The number of rotatable bonds is 5. The molecule has 1 saturated carbocycles. The lowest BCUT2D eigenvalue weighted by molar-refractivity contribution is 0.158. The van der Waals surface area contributed by atoms with Gasteiger partial charge in [0, 0.05) is 29.5 Å². The van der Waals surface area contributed by atoms with E-state index in [1.54, 1.807) is 0 Å². The van der Waals surface area contributed by atoms with E-state index < -0.39 is 0 Å². The molecule has 1 nitrogen and oxygen atoms in total. The van der Waals surface area contributed by atoms with Gasteiger partial charge in [0.25, 0.3) is 0 Å². The highest BCUT2D eigenvalue weighted by atomic mass is 79.9. The van der Waals surface area contributed by atoms with Crippen molar-refractivity contribution in [2.45, 2.75) is 44.7 Å². The molecule has 0 N–H and O–H groups in total. The van der Waals surface area contributed by atoms with Crippen LogP contribution in [0, 0.1) is 0 Å². The first kappa shape index (κ1) is 14.4. The van der Waals surface area contributed by atoms with Crippen LogP contribution in [0.3, 0.4) is 0 Å². The molecule has 100 valence electrons. The molecule has 0 radical (unpaired) electrons. The van der Waals surface area contributed by atoms with Crippen LogP contribution in [0.15, 0.2) is 24.3 Å². The summed E-state index contributed by atoms with van der Waals surface area (Å²) < 4.78 is 0. The van der Waals surface area contributed by atoms with Crippen LogP contribution >= 0.6 is 27.5 Å². The molecule has 0 aliphatic heterocycles. The number of nitrogens with zero attached hydrogens (tertiary/aromatic N) is 1. The fourth-order valence-electron chi connectivity index (χ4n) is 2.82. The van der Waals surface area contributed by atoms with Crippen LogP contribution in [0.1, 0.15) is 37.7 Å². The average molecular weight is 331 g/mol. The van der Waals surface area contributed by atoms with E-state index in [-0.39, 0.29) is 0 Å². The molecular weight excluding hydrogens is 310 g/mol. The van der Waals surface area contributed by atoms with Gasteiger partial charge in [0.1, 0.15) is 0 Å². The van der Waals surface area contributed by atoms with Gasteiger partial charge < -0.3 is 0 Å². The maximum atomic E-state index is 6.06. The molecule has 0 atom stereocenters. The molecule has 0 spiro atoms. The monoisotopic (exact) mass is 329 g/mol. The van der Waals surface area contributed by atoms with Crippen LogP contribution in [0.5, 0.6) is 0 Å². The third-order valence-electron chi connectivity index (χ3n) is 3.74. The van der Waals surface area contributed by atoms with Gasteiger partial charge in [-0.25, -0.2) is 0 Å². The average Bonchev–Trinajstić information content (AvgIpc) is 2.39. The summed E-state index contributed by atoms with van der Waals surface area (Å²) in [5, 5.41) is 1.89. The third kappa shape index (κ3) is 4.25. The van der Waals surface area contributed by atoms with Crippen molar-refractivity contribution in [2.24, 2.45) is 0 Å². The number of hydrogen-bond donors (Lipinski definition) is 0. The van der Waals surface area contributed by atoms with Crippen molar-refractivity contribution in [3.8, 4) is 0 Å². The van der Waals surface area contributed by atoms with Gasteiger partial charge in [0.2, 0.25) is 0 Å². The Morgan fingerprint density at radius 2 is 2.00 bits per heavy atom. The topological polar surface area (TPSA) is 3.24 Å². The predicted molar refractivity (Wildman–Crippen MR) is 82.5 cm³/mol. The highest BCUT2D eigenvalue weighted by Crippen LogP contribution is 2.24. The summed E-state index contributed by atoms with van der Waals surface area (Å²) in [6.07, 6.45) is 6.90. The van der Waals surface area contributed by atoms with E-state index in [0.717, 1.165) is 29.5 Å². The molecule has 1 fully saturated rings. The maximum Gasteiger partial charge on any atom is 0.0409 e. The zero-order chi connectivity index (χ0) is 12.8. The Bertz CT molecular complexity index is 363. The van der Waals surface area contributed by atoms with Crippen LogP contribution in [-0.4, -0.2) is 22.8 Å². The zero-order valence-electron chi connectivity index (χ0n) is 10.7. The highest BCUT2D eigenvalue weighted by Gasteiger charge is 2.20. The lowest BCUT2D eigenvalue weighted by atomic mass is 9.94. The molecule has 0 heterocycles. The van der Waals surface area contributed by atoms with Gasteiger partial charge >= 0.3 is 0 Å². The first-order valence-corrected chi connectivity index (χ1v) is 8.34. The number of alkyl halides is 1. The molecular formula is C15H21BrClN. The molecule has 0 aromatic heterocycles. The van der Waals surface area contributed by atoms with E-state index in [4.69, 9.17) is 11.6 Å². The summed E-state index contributed by atoms with van der Waals surface area (Å²) in [6.45, 7) is 2.15. The molecule has 1 aliphatic carbocycles. The van der Waals surface area contributed by atoms with Gasteiger partial charge in [0.15, 0.2) is 0 Å². The van der Waals surface area contributed by atoms with Crippen molar-refractivity contribution < 1.29 is 0 Å². The molecule has 2 rings (SSSR count). The molecule has 18 heavy (non-hydrogen) atoms. The molecule has 1 aromatic carbocycles. The lowest BCUT2D eigenvalue weighted by Crippen LogP contribution is -2.37. The number of hydrogen-bond acceptors (Lipinski definition) is 1. The largest absolute Gasteiger partial charge is 0.295 e. The standard InChI is InChI=1S/C15H21BrClN/c16-9-10-18(15-7-2-1-3-8-15)12-13-5-4-6-14(17)11-13/h4-6,11,15H,1-3,7-10,12H2. The van der Waals surface area contributed by atoms with Gasteiger partial charge in [-0.15, -0.1) is 0 Å². The van der Waals surface area contributed by atoms with E-state index in [1.807, 2.05) is 12.1 Å². The fraction of sp³-hybridized carbons (Fsp3) is 0.600. The molecule has 1 aromatic rings. The molecule has 0 unspecified atom stereocenters. The highest BCUT2D eigenvalue weighted by molar-refractivity contribution is 9.09.